The van der Waals surface area contributed by atoms with Gasteiger partial charge in [0.1, 0.15) is 5.75 Å². The molecule has 1 amide bonds. The van der Waals surface area contributed by atoms with E-state index in [4.69, 9.17) is 4.74 Å². The molecule has 0 aliphatic heterocycles. The fourth-order valence-electron chi connectivity index (χ4n) is 1.85. The molecule has 0 bridgehead atoms. The first-order valence-corrected chi connectivity index (χ1v) is 6.03. The number of ether oxygens (including phenoxy) is 1. The molecule has 0 aliphatic carbocycles. The number of aryl methyl sites for hydroxylation is 1. The summed E-state index contributed by atoms with van der Waals surface area (Å²) >= 11 is 0. The van der Waals surface area contributed by atoms with Crippen molar-refractivity contribution in [3.05, 3.63) is 58.9 Å². The Bertz CT molecular complexity index is 678. The molecule has 0 fully saturated rings. The predicted octanol–water partition coefficient (Wildman–Crippen LogP) is 3.67. The maximum Gasteiger partial charge on any atom is 0.255 e. The van der Waals surface area contributed by atoms with E-state index in [1.54, 1.807) is 25.1 Å². The summed E-state index contributed by atoms with van der Waals surface area (Å²) in [5, 5.41) is 2.47. The number of halogens is 3. The summed E-state index contributed by atoms with van der Waals surface area (Å²) in [7, 11) is 1.52. The fraction of sp³-hybridized carbons (Fsp3) is 0.133. The number of hydrogen-bond acceptors (Lipinski definition) is 2. The Hall–Kier alpha value is -2.50. The SMILES string of the molecule is COc1ccc(NC(=O)c2cc(F)c(F)c(F)c2)cc1C. The van der Waals surface area contributed by atoms with Crippen molar-refractivity contribution < 1.29 is 22.7 Å². The van der Waals surface area contributed by atoms with E-state index < -0.39 is 23.4 Å². The molecule has 110 valence electrons. The minimum absolute atomic E-state index is 0.306. The van der Waals surface area contributed by atoms with Gasteiger partial charge >= 0.3 is 0 Å². The number of carbonyl (C=O) groups excluding carboxylic acids is 1. The van der Waals surface area contributed by atoms with Gasteiger partial charge in [-0.1, -0.05) is 0 Å². The molecule has 0 aromatic heterocycles. The van der Waals surface area contributed by atoms with Crippen molar-refractivity contribution in [2.45, 2.75) is 6.92 Å². The Labute approximate surface area is 119 Å². The number of anilines is 1. The van der Waals surface area contributed by atoms with Crippen molar-refractivity contribution in [1.29, 1.82) is 0 Å². The van der Waals surface area contributed by atoms with Crippen LogP contribution in [0.25, 0.3) is 0 Å². The molecular weight excluding hydrogens is 283 g/mol. The van der Waals surface area contributed by atoms with Crippen molar-refractivity contribution in [3.63, 3.8) is 0 Å². The van der Waals surface area contributed by atoms with Crippen LogP contribution in [0.3, 0.4) is 0 Å². The predicted molar refractivity (Wildman–Crippen MR) is 72.0 cm³/mol. The molecule has 0 unspecified atom stereocenters. The van der Waals surface area contributed by atoms with E-state index in [-0.39, 0.29) is 5.56 Å². The van der Waals surface area contributed by atoms with Crippen LogP contribution in [0, 0.1) is 24.4 Å². The molecule has 0 saturated heterocycles. The molecule has 2 aromatic carbocycles. The minimum Gasteiger partial charge on any atom is -0.496 e. The highest BCUT2D eigenvalue weighted by Crippen LogP contribution is 2.22. The summed E-state index contributed by atoms with van der Waals surface area (Å²) in [5.74, 6) is -4.52. The highest BCUT2D eigenvalue weighted by molar-refractivity contribution is 6.04. The number of amides is 1. The van der Waals surface area contributed by atoms with Gasteiger partial charge in [0, 0.05) is 11.3 Å². The molecule has 0 saturated carbocycles. The molecular formula is C15H12F3NO2. The van der Waals surface area contributed by atoms with Crippen LogP contribution in [0.15, 0.2) is 30.3 Å². The Morgan fingerprint density at radius 2 is 1.71 bits per heavy atom. The summed E-state index contributed by atoms with van der Waals surface area (Å²) in [4.78, 5) is 11.9. The number of rotatable bonds is 3. The van der Waals surface area contributed by atoms with Gasteiger partial charge in [0.2, 0.25) is 0 Å². The zero-order chi connectivity index (χ0) is 15.6. The van der Waals surface area contributed by atoms with Gasteiger partial charge in [0.05, 0.1) is 7.11 Å². The number of methoxy groups -OCH3 is 1. The number of carbonyl (C=O) groups is 1. The second-order valence-electron chi connectivity index (χ2n) is 4.39. The molecule has 1 N–H and O–H groups in total. The molecule has 2 aromatic rings. The van der Waals surface area contributed by atoms with Gasteiger partial charge in [-0.2, -0.15) is 0 Å². The summed E-state index contributed by atoms with van der Waals surface area (Å²) in [6.07, 6.45) is 0. The maximum atomic E-state index is 13.1. The van der Waals surface area contributed by atoms with Crippen LogP contribution >= 0.6 is 0 Å². The Morgan fingerprint density at radius 1 is 1.10 bits per heavy atom. The van der Waals surface area contributed by atoms with Crippen LogP contribution in [0.2, 0.25) is 0 Å². The lowest BCUT2D eigenvalue weighted by atomic mass is 10.1. The second kappa shape index (κ2) is 5.87. The van der Waals surface area contributed by atoms with E-state index in [1.165, 1.54) is 7.11 Å². The lowest BCUT2D eigenvalue weighted by Gasteiger charge is -2.09. The normalized spacial score (nSPS) is 10.3. The zero-order valence-corrected chi connectivity index (χ0v) is 11.3. The molecule has 0 aliphatic rings. The Kier molecular flexibility index (Phi) is 4.16. The van der Waals surface area contributed by atoms with E-state index in [0.717, 1.165) is 5.56 Å². The lowest BCUT2D eigenvalue weighted by Crippen LogP contribution is -2.13. The van der Waals surface area contributed by atoms with Crippen LogP contribution in [0.4, 0.5) is 18.9 Å². The third-order valence-electron chi connectivity index (χ3n) is 2.90. The van der Waals surface area contributed by atoms with E-state index >= 15 is 0 Å². The van der Waals surface area contributed by atoms with Gasteiger partial charge in [0.15, 0.2) is 17.5 Å². The Balaban J connectivity index is 2.24. The van der Waals surface area contributed by atoms with Gasteiger partial charge in [-0.15, -0.1) is 0 Å². The van der Waals surface area contributed by atoms with Crippen molar-refractivity contribution in [3.8, 4) is 5.75 Å². The van der Waals surface area contributed by atoms with Crippen LogP contribution in [-0.4, -0.2) is 13.0 Å². The van der Waals surface area contributed by atoms with Crippen LogP contribution in [0.1, 0.15) is 15.9 Å². The summed E-state index contributed by atoms with van der Waals surface area (Å²) in [6, 6.07) is 6.16. The van der Waals surface area contributed by atoms with E-state index in [0.29, 0.717) is 23.6 Å². The van der Waals surface area contributed by atoms with Crippen LogP contribution < -0.4 is 10.1 Å². The molecule has 0 spiro atoms. The monoisotopic (exact) mass is 295 g/mol. The number of benzene rings is 2. The molecule has 0 atom stereocenters. The van der Waals surface area contributed by atoms with Crippen molar-refractivity contribution >= 4 is 11.6 Å². The second-order valence-corrected chi connectivity index (χ2v) is 4.39. The average Bonchev–Trinajstić information content (AvgIpc) is 2.44. The first-order valence-electron chi connectivity index (χ1n) is 6.03. The topological polar surface area (TPSA) is 38.3 Å². The maximum absolute atomic E-state index is 13.1. The average molecular weight is 295 g/mol. The Morgan fingerprint density at radius 3 is 2.24 bits per heavy atom. The molecule has 6 heteroatoms. The van der Waals surface area contributed by atoms with Gasteiger partial charge in [-0.3, -0.25) is 4.79 Å². The first-order chi connectivity index (χ1) is 9.92. The summed E-state index contributed by atoms with van der Waals surface area (Å²) < 4.78 is 44.1. The van der Waals surface area contributed by atoms with Gasteiger partial charge in [-0.05, 0) is 42.8 Å². The quantitative estimate of drug-likeness (QED) is 0.877. The summed E-state index contributed by atoms with van der Waals surface area (Å²) in [5.41, 5.74) is 0.912. The van der Waals surface area contributed by atoms with Gasteiger partial charge in [-0.25, -0.2) is 13.2 Å². The van der Waals surface area contributed by atoms with Crippen LogP contribution in [-0.2, 0) is 0 Å². The number of nitrogens with one attached hydrogen (secondary N) is 1. The van der Waals surface area contributed by atoms with Crippen molar-refractivity contribution in [2.75, 3.05) is 12.4 Å². The smallest absolute Gasteiger partial charge is 0.255 e. The highest BCUT2D eigenvalue weighted by atomic mass is 19.2. The van der Waals surface area contributed by atoms with Crippen molar-refractivity contribution in [1.82, 2.24) is 0 Å². The minimum atomic E-state index is -1.60. The number of hydrogen-bond donors (Lipinski definition) is 1. The van der Waals surface area contributed by atoms with E-state index in [9.17, 15) is 18.0 Å². The summed E-state index contributed by atoms with van der Waals surface area (Å²) in [6.45, 7) is 1.78. The fourth-order valence-corrected chi connectivity index (χ4v) is 1.85. The molecule has 3 nitrogen and oxygen atoms in total. The molecule has 0 heterocycles. The van der Waals surface area contributed by atoms with Gasteiger partial charge < -0.3 is 10.1 Å². The van der Waals surface area contributed by atoms with Crippen molar-refractivity contribution in [2.24, 2.45) is 0 Å². The third kappa shape index (κ3) is 3.16. The van der Waals surface area contributed by atoms with E-state index in [1.807, 2.05) is 0 Å². The van der Waals surface area contributed by atoms with E-state index in [2.05, 4.69) is 5.32 Å². The first kappa shape index (κ1) is 14.9. The van der Waals surface area contributed by atoms with Gasteiger partial charge in [0.25, 0.3) is 5.91 Å². The molecule has 21 heavy (non-hydrogen) atoms. The molecule has 0 radical (unpaired) electrons. The standard InChI is InChI=1S/C15H12F3NO2/c1-8-5-10(3-4-13(8)21-2)19-15(20)9-6-11(16)14(18)12(17)7-9/h3-7H,1-2H3,(H,19,20). The molecule has 2 rings (SSSR count). The zero-order valence-electron chi connectivity index (χ0n) is 11.3. The lowest BCUT2D eigenvalue weighted by molar-refractivity contribution is 0.102. The largest absolute Gasteiger partial charge is 0.496 e. The highest BCUT2D eigenvalue weighted by Gasteiger charge is 2.15. The third-order valence-corrected chi connectivity index (χ3v) is 2.90. The van der Waals surface area contributed by atoms with Crippen LogP contribution in [0.5, 0.6) is 5.75 Å².